The number of aliphatic hydroxyl groups excluding tert-OH is 1. The number of rotatable bonds is 2. The fourth-order valence-electron chi connectivity index (χ4n) is 2.15. The molecule has 0 bridgehead atoms. The minimum absolute atomic E-state index is 0.0913. The van der Waals surface area contributed by atoms with Gasteiger partial charge in [0.1, 0.15) is 10.7 Å². The number of likely N-dealkylation sites (tertiary alicyclic amines) is 1. The van der Waals surface area contributed by atoms with Crippen molar-refractivity contribution in [2.24, 2.45) is 11.7 Å². The average Bonchev–Trinajstić information content (AvgIpc) is 2.41. The van der Waals surface area contributed by atoms with E-state index in [1.54, 1.807) is 17.0 Å². The van der Waals surface area contributed by atoms with Crippen molar-refractivity contribution in [3.63, 3.8) is 0 Å². The summed E-state index contributed by atoms with van der Waals surface area (Å²) in [5, 5.41) is 9.66. The van der Waals surface area contributed by atoms with Gasteiger partial charge in [-0.3, -0.25) is 9.78 Å². The molecular formula is C13H17N3O2S. The highest BCUT2D eigenvalue weighted by atomic mass is 32.1. The summed E-state index contributed by atoms with van der Waals surface area (Å²) in [5.74, 6) is -0.0261. The van der Waals surface area contributed by atoms with E-state index in [0.717, 1.165) is 0 Å². The summed E-state index contributed by atoms with van der Waals surface area (Å²) in [4.78, 5) is 18.3. The molecule has 1 aliphatic rings. The zero-order valence-electron chi connectivity index (χ0n) is 10.7. The van der Waals surface area contributed by atoms with Crippen LogP contribution in [0.3, 0.4) is 0 Å². The quantitative estimate of drug-likeness (QED) is 0.773. The van der Waals surface area contributed by atoms with E-state index in [2.05, 4.69) is 4.98 Å². The van der Waals surface area contributed by atoms with E-state index in [4.69, 9.17) is 18.0 Å². The third-order valence-corrected chi connectivity index (χ3v) is 3.65. The van der Waals surface area contributed by atoms with Gasteiger partial charge in [0, 0.05) is 24.8 Å². The van der Waals surface area contributed by atoms with Crippen molar-refractivity contribution < 1.29 is 9.90 Å². The summed E-state index contributed by atoms with van der Waals surface area (Å²) in [7, 11) is 0. The highest BCUT2D eigenvalue weighted by molar-refractivity contribution is 7.80. The molecule has 19 heavy (non-hydrogen) atoms. The van der Waals surface area contributed by atoms with E-state index in [0.29, 0.717) is 30.8 Å². The predicted molar refractivity (Wildman–Crippen MR) is 75.8 cm³/mol. The predicted octanol–water partition coefficient (Wildman–Crippen LogP) is 0.559. The largest absolute Gasteiger partial charge is 0.393 e. The van der Waals surface area contributed by atoms with Gasteiger partial charge in [0.15, 0.2) is 0 Å². The molecule has 1 amide bonds. The van der Waals surface area contributed by atoms with Crippen molar-refractivity contribution in [3.8, 4) is 0 Å². The first-order chi connectivity index (χ1) is 8.99. The lowest BCUT2D eigenvalue weighted by Crippen LogP contribution is -2.45. The van der Waals surface area contributed by atoms with Gasteiger partial charge in [-0.25, -0.2) is 0 Å². The van der Waals surface area contributed by atoms with Crippen molar-refractivity contribution in [1.29, 1.82) is 0 Å². The van der Waals surface area contributed by atoms with Crippen molar-refractivity contribution in [1.82, 2.24) is 9.88 Å². The van der Waals surface area contributed by atoms with Gasteiger partial charge in [0.05, 0.1) is 6.10 Å². The Morgan fingerprint density at radius 3 is 2.84 bits per heavy atom. The SMILES string of the molecule is CC1CN(C(=O)c2ccc(C(N)=S)cn2)CCC1O. The lowest BCUT2D eigenvalue weighted by atomic mass is 9.96. The molecule has 0 saturated carbocycles. The minimum Gasteiger partial charge on any atom is -0.393 e. The molecule has 0 radical (unpaired) electrons. The van der Waals surface area contributed by atoms with Gasteiger partial charge >= 0.3 is 0 Å². The van der Waals surface area contributed by atoms with E-state index < -0.39 is 0 Å². The maximum Gasteiger partial charge on any atom is 0.272 e. The maximum absolute atomic E-state index is 12.3. The first-order valence-electron chi connectivity index (χ1n) is 6.22. The standard InChI is InChI=1S/C13H17N3O2S/c1-8-7-16(5-4-11(8)17)13(18)10-3-2-9(6-15-10)12(14)19/h2-3,6,8,11,17H,4-5,7H2,1H3,(H2,14,19). The summed E-state index contributed by atoms with van der Waals surface area (Å²) in [6.45, 7) is 3.05. The third-order valence-electron chi connectivity index (χ3n) is 3.41. The van der Waals surface area contributed by atoms with Gasteiger partial charge in [-0.15, -0.1) is 0 Å². The van der Waals surface area contributed by atoms with Crippen LogP contribution >= 0.6 is 12.2 Å². The molecule has 5 nitrogen and oxygen atoms in total. The van der Waals surface area contributed by atoms with Crippen molar-refractivity contribution >= 4 is 23.1 Å². The molecule has 2 atom stereocenters. The molecule has 0 aromatic carbocycles. The number of carbonyl (C=O) groups excluding carboxylic acids is 1. The van der Waals surface area contributed by atoms with E-state index >= 15 is 0 Å². The van der Waals surface area contributed by atoms with Crippen LogP contribution in [-0.2, 0) is 0 Å². The van der Waals surface area contributed by atoms with E-state index in [1.807, 2.05) is 6.92 Å². The minimum atomic E-state index is -0.325. The zero-order valence-corrected chi connectivity index (χ0v) is 11.6. The van der Waals surface area contributed by atoms with Crippen LogP contribution in [0, 0.1) is 5.92 Å². The number of hydrogen-bond acceptors (Lipinski definition) is 4. The number of nitrogens with two attached hydrogens (primary N) is 1. The van der Waals surface area contributed by atoms with Gasteiger partial charge in [-0.1, -0.05) is 19.1 Å². The molecule has 1 saturated heterocycles. The number of aliphatic hydroxyl groups is 1. The van der Waals surface area contributed by atoms with Gasteiger partial charge in [0.2, 0.25) is 0 Å². The molecule has 3 N–H and O–H groups in total. The fraction of sp³-hybridized carbons (Fsp3) is 0.462. The Morgan fingerprint density at radius 1 is 1.58 bits per heavy atom. The number of hydrogen-bond donors (Lipinski definition) is 2. The first kappa shape index (κ1) is 13.9. The van der Waals surface area contributed by atoms with Crippen LogP contribution in [0.25, 0.3) is 0 Å². The topological polar surface area (TPSA) is 79.5 Å². The molecule has 1 fully saturated rings. The lowest BCUT2D eigenvalue weighted by Gasteiger charge is -2.34. The summed E-state index contributed by atoms with van der Waals surface area (Å²) in [6, 6.07) is 3.33. The molecule has 2 rings (SSSR count). The van der Waals surface area contributed by atoms with Crippen molar-refractivity contribution in [2.75, 3.05) is 13.1 Å². The molecule has 6 heteroatoms. The molecule has 1 aromatic heterocycles. The summed E-state index contributed by atoms with van der Waals surface area (Å²) in [5.41, 5.74) is 6.51. The van der Waals surface area contributed by atoms with E-state index in [1.165, 1.54) is 6.20 Å². The molecule has 2 heterocycles. The Bertz CT molecular complexity index is 489. The second-order valence-electron chi connectivity index (χ2n) is 4.88. The van der Waals surface area contributed by atoms with Gasteiger partial charge < -0.3 is 15.7 Å². The van der Waals surface area contributed by atoms with E-state index in [-0.39, 0.29) is 22.9 Å². The number of thiocarbonyl (C=S) groups is 1. The maximum atomic E-state index is 12.3. The fourth-order valence-corrected chi connectivity index (χ4v) is 2.27. The van der Waals surface area contributed by atoms with E-state index in [9.17, 15) is 9.90 Å². The summed E-state index contributed by atoms with van der Waals surface area (Å²) in [6.07, 6.45) is 1.80. The molecule has 0 spiro atoms. The Hall–Kier alpha value is -1.53. The zero-order chi connectivity index (χ0) is 14.0. The average molecular weight is 279 g/mol. The number of amides is 1. The van der Waals surface area contributed by atoms with Crippen LogP contribution in [0.2, 0.25) is 0 Å². The number of pyridine rings is 1. The Balaban J connectivity index is 2.09. The van der Waals surface area contributed by atoms with Gasteiger partial charge in [0.25, 0.3) is 5.91 Å². The molecule has 0 aliphatic carbocycles. The van der Waals surface area contributed by atoms with Crippen molar-refractivity contribution in [2.45, 2.75) is 19.4 Å². The third kappa shape index (κ3) is 3.08. The highest BCUT2D eigenvalue weighted by Gasteiger charge is 2.28. The normalized spacial score (nSPS) is 23.2. The van der Waals surface area contributed by atoms with Gasteiger partial charge in [-0.05, 0) is 24.5 Å². The number of piperidine rings is 1. The number of carbonyl (C=O) groups is 1. The van der Waals surface area contributed by atoms with Crippen molar-refractivity contribution in [3.05, 3.63) is 29.6 Å². The van der Waals surface area contributed by atoms with Crippen LogP contribution in [0.4, 0.5) is 0 Å². The molecule has 2 unspecified atom stereocenters. The van der Waals surface area contributed by atoms with Crippen LogP contribution in [0.15, 0.2) is 18.3 Å². The van der Waals surface area contributed by atoms with Gasteiger partial charge in [-0.2, -0.15) is 0 Å². The van der Waals surface area contributed by atoms with Crippen LogP contribution in [0.1, 0.15) is 29.4 Å². The second kappa shape index (κ2) is 5.63. The number of aromatic nitrogens is 1. The summed E-state index contributed by atoms with van der Waals surface area (Å²) < 4.78 is 0. The number of nitrogens with zero attached hydrogens (tertiary/aromatic N) is 2. The Morgan fingerprint density at radius 2 is 2.32 bits per heavy atom. The lowest BCUT2D eigenvalue weighted by molar-refractivity contribution is 0.0294. The molecule has 102 valence electrons. The monoisotopic (exact) mass is 279 g/mol. The Kier molecular flexibility index (Phi) is 4.11. The molecular weight excluding hydrogens is 262 g/mol. The summed E-state index contributed by atoms with van der Waals surface area (Å²) >= 11 is 4.84. The van der Waals surface area contributed by atoms with Crippen LogP contribution in [0.5, 0.6) is 0 Å². The molecule has 1 aliphatic heterocycles. The first-order valence-corrected chi connectivity index (χ1v) is 6.63. The van der Waals surface area contributed by atoms with Crippen LogP contribution < -0.4 is 5.73 Å². The smallest absolute Gasteiger partial charge is 0.272 e. The van der Waals surface area contributed by atoms with Crippen LogP contribution in [-0.4, -0.2) is 45.1 Å². The Labute approximate surface area is 117 Å². The second-order valence-corrected chi connectivity index (χ2v) is 5.32. The molecule has 1 aromatic rings. The highest BCUT2D eigenvalue weighted by Crippen LogP contribution is 2.18.